The van der Waals surface area contributed by atoms with Crippen molar-refractivity contribution < 1.29 is 4.79 Å². The molecular formula is C12H15NO. The summed E-state index contributed by atoms with van der Waals surface area (Å²) in [5.41, 5.74) is 8.27. The molecule has 1 aromatic carbocycles. The van der Waals surface area contributed by atoms with Crippen LogP contribution in [-0.2, 0) is 0 Å². The van der Waals surface area contributed by atoms with Gasteiger partial charge in [0.2, 0.25) is 0 Å². The number of ketones is 1. The number of anilines is 1. The number of carbonyl (C=O) groups excluding carboxylic acids is 1. The van der Waals surface area contributed by atoms with E-state index >= 15 is 0 Å². The van der Waals surface area contributed by atoms with Crippen LogP contribution in [0.1, 0.15) is 35.2 Å². The molecule has 0 bridgehead atoms. The van der Waals surface area contributed by atoms with E-state index in [9.17, 15) is 4.79 Å². The molecule has 0 aromatic heterocycles. The molecule has 1 aliphatic carbocycles. The minimum Gasteiger partial charge on any atom is -0.398 e. The van der Waals surface area contributed by atoms with Crippen LogP contribution in [0, 0.1) is 12.8 Å². The number of nitrogens with two attached hydrogens (primary N) is 1. The molecule has 0 spiro atoms. The Morgan fingerprint density at radius 1 is 1.50 bits per heavy atom. The first kappa shape index (κ1) is 9.25. The topological polar surface area (TPSA) is 43.1 Å². The van der Waals surface area contributed by atoms with Gasteiger partial charge in [0, 0.05) is 17.7 Å². The number of carbonyl (C=O) groups is 1. The molecule has 0 atom stereocenters. The van der Waals surface area contributed by atoms with E-state index in [-0.39, 0.29) is 5.78 Å². The van der Waals surface area contributed by atoms with Gasteiger partial charge in [-0.1, -0.05) is 12.1 Å². The van der Waals surface area contributed by atoms with E-state index in [4.69, 9.17) is 5.73 Å². The fourth-order valence-corrected chi connectivity index (χ4v) is 1.52. The van der Waals surface area contributed by atoms with Crippen LogP contribution in [0.15, 0.2) is 18.2 Å². The molecule has 14 heavy (non-hydrogen) atoms. The van der Waals surface area contributed by atoms with Crippen molar-refractivity contribution in [2.24, 2.45) is 5.92 Å². The van der Waals surface area contributed by atoms with Gasteiger partial charge in [0.1, 0.15) is 0 Å². The number of benzene rings is 1. The third kappa shape index (κ3) is 1.95. The number of nitrogen functional groups attached to an aromatic ring is 1. The summed E-state index contributed by atoms with van der Waals surface area (Å²) in [7, 11) is 0. The lowest BCUT2D eigenvalue weighted by Gasteiger charge is -2.03. The Labute approximate surface area is 84.1 Å². The summed E-state index contributed by atoms with van der Waals surface area (Å²) in [5.74, 6) is 0.879. The zero-order valence-corrected chi connectivity index (χ0v) is 8.42. The van der Waals surface area contributed by atoms with Gasteiger partial charge in [-0.2, -0.15) is 0 Å². The molecule has 2 nitrogen and oxygen atoms in total. The smallest absolute Gasteiger partial charge is 0.163 e. The summed E-state index contributed by atoms with van der Waals surface area (Å²) in [6.45, 7) is 1.95. The number of rotatable bonds is 3. The van der Waals surface area contributed by atoms with E-state index in [1.54, 1.807) is 6.07 Å². The maximum absolute atomic E-state index is 11.7. The molecule has 2 rings (SSSR count). The zero-order valence-electron chi connectivity index (χ0n) is 8.42. The maximum atomic E-state index is 11.7. The molecule has 0 radical (unpaired) electrons. The number of aryl methyl sites for hydroxylation is 1. The standard InChI is InChI=1S/C12H15NO/c1-8-2-5-10(7-11(8)13)12(14)6-9-3-4-9/h2,5,7,9H,3-4,6,13H2,1H3. The second kappa shape index (κ2) is 3.45. The van der Waals surface area contributed by atoms with Gasteiger partial charge in [-0.25, -0.2) is 0 Å². The third-order valence-corrected chi connectivity index (χ3v) is 2.77. The Bertz CT molecular complexity index is 367. The first-order chi connectivity index (χ1) is 6.66. The fraction of sp³-hybridized carbons (Fsp3) is 0.417. The summed E-state index contributed by atoms with van der Waals surface area (Å²) in [6, 6.07) is 5.58. The van der Waals surface area contributed by atoms with Crippen LogP contribution in [-0.4, -0.2) is 5.78 Å². The number of hydrogen-bond acceptors (Lipinski definition) is 2. The summed E-state index contributed by atoms with van der Waals surface area (Å²) >= 11 is 0. The Morgan fingerprint density at radius 2 is 2.21 bits per heavy atom. The molecule has 2 N–H and O–H groups in total. The second-order valence-corrected chi connectivity index (χ2v) is 4.14. The maximum Gasteiger partial charge on any atom is 0.163 e. The van der Waals surface area contributed by atoms with Crippen molar-refractivity contribution in [3.8, 4) is 0 Å². The largest absolute Gasteiger partial charge is 0.398 e. The SMILES string of the molecule is Cc1ccc(C(=O)CC2CC2)cc1N. The minimum atomic E-state index is 0.235. The van der Waals surface area contributed by atoms with Crippen molar-refractivity contribution >= 4 is 11.5 Å². The van der Waals surface area contributed by atoms with Crippen molar-refractivity contribution in [2.45, 2.75) is 26.2 Å². The van der Waals surface area contributed by atoms with E-state index in [1.165, 1.54) is 12.8 Å². The van der Waals surface area contributed by atoms with E-state index in [0.29, 0.717) is 18.0 Å². The molecule has 0 amide bonds. The molecule has 0 saturated heterocycles. The van der Waals surface area contributed by atoms with Crippen LogP contribution >= 0.6 is 0 Å². The quantitative estimate of drug-likeness (QED) is 0.586. The van der Waals surface area contributed by atoms with Gasteiger partial charge >= 0.3 is 0 Å². The van der Waals surface area contributed by atoms with Crippen molar-refractivity contribution in [3.63, 3.8) is 0 Å². The summed E-state index contributed by atoms with van der Waals surface area (Å²) in [5, 5.41) is 0. The summed E-state index contributed by atoms with van der Waals surface area (Å²) in [4.78, 5) is 11.7. The van der Waals surface area contributed by atoms with Crippen LogP contribution in [0.25, 0.3) is 0 Å². The lowest BCUT2D eigenvalue weighted by atomic mass is 10.0. The predicted octanol–water partition coefficient (Wildman–Crippen LogP) is 2.56. The highest BCUT2D eigenvalue weighted by atomic mass is 16.1. The average molecular weight is 189 g/mol. The highest BCUT2D eigenvalue weighted by Crippen LogP contribution is 2.33. The van der Waals surface area contributed by atoms with Crippen LogP contribution < -0.4 is 5.73 Å². The Kier molecular flexibility index (Phi) is 2.28. The molecule has 0 heterocycles. The monoisotopic (exact) mass is 189 g/mol. The lowest BCUT2D eigenvalue weighted by Crippen LogP contribution is -2.01. The van der Waals surface area contributed by atoms with Crippen LogP contribution in [0.2, 0.25) is 0 Å². The van der Waals surface area contributed by atoms with Gasteiger partial charge in [-0.15, -0.1) is 0 Å². The Balaban J connectivity index is 2.14. The zero-order chi connectivity index (χ0) is 10.1. The first-order valence-electron chi connectivity index (χ1n) is 5.06. The Morgan fingerprint density at radius 3 is 2.79 bits per heavy atom. The van der Waals surface area contributed by atoms with Crippen molar-refractivity contribution in [1.29, 1.82) is 0 Å². The van der Waals surface area contributed by atoms with E-state index in [1.807, 2.05) is 19.1 Å². The molecule has 74 valence electrons. The van der Waals surface area contributed by atoms with Crippen molar-refractivity contribution in [1.82, 2.24) is 0 Å². The molecule has 1 fully saturated rings. The number of Topliss-reactive ketones (excluding diaryl/α,β-unsaturated/α-hetero) is 1. The van der Waals surface area contributed by atoms with Gasteiger partial charge < -0.3 is 5.73 Å². The summed E-state index contributed by atoms with van der Waals surface area (Å²) in [6.07, 6.45) is 3.13. The van der Waals surface area contributed by atoms with Crippen molar-refractivity contribution in [3.05, 3.63) is 29.3 Å². The fourth-order valence-electron chi connectivity index (χ4n) is 1.52. The third-order valence-electron chi connectivity index (χ3n) is 2.77. The van der Waals surface area contributed by atoms with Gasteiger partial charge in [-0.05, 0) is 37.3 Å². The average Bonchev–Trinajstić information content (AvgIpc) is 2.93. The first-order valence-corrected chi connectivity index (χ1v) is 5.06. The van der Waals surface area contributed by atoms with Gasteiger partial charge in [0.05, 0.1) is 0 Å². The molecule has 1 aromatic rings. The molecule has 1 saturated carbocycles. The normalized spacial score (nSPS) is 15.5. The highest BCUT2D eigenvalue weighted by molar-refractivity contribution is 5.97. The van der Waals surface area contributed by atoms with Crippen LogP contribution in [0.4, 0.5) is 5.69 Å². The van der Waals surface area contributed by atoms with Crippen molar-refractivity contribution in [2.75, 3.05) is 5.73 Å². The molecule has 1 aliphatic rings. The van der Waals surface area contributed by atoms with Gasteiger partial charge in [0.25, 0.3) is 0 Å². The molecule has 0 aliphatic heterocycles. The lowest BCUT2D eigenvalue weighted by molar-refractivity contribution is 0.0976. The summed E-state index contributed by atoms with van der Waals surface area (Å²) < 4.78 is 0. The van der Waals surface area contributed by atoms with E-state index in [0.717, 1.165) is 11.1 Å². The molecule has 2 heteroatoms. The van der Waals surface area contributed by atoms with E-state index < -0.39 is 0 Å². The predicted molar refractivity (Wildman–Crippen MR) is 57.3 cm³/mol. The molecular weight excluding hydrogens is 174 g/mol. The van der Waals surface area contributed by atoms with Gasteiger partial charge in [-0.3, -0.25) is 4.79 Å². The second-order valence-electron chi connectivity index (χ2n) is 4.14. The Hall–Kier alpha value is -1.31. The van der Waals surface area contributed by atoms with Gasteiger partial charge in [0.15, 0.2) is 5.78 Å². The van der Waals surface area contributed by atoms with E-state index in [2.05, 4.69) is 0 Å². The number of hydrogen-bond donors (Lipinski definition) is 1. The van der Waals surface area contributed by atoms with Crippen LogP contribution in [0.3, 0.4) is 0 Å². The highest BCUT2D eigenvalue weighted by Gasteiger charge is 2.24. The van der Waals surface area contributed by atoms with Crippen LogP contribution in [0.5, 0.6) is 0 Å². The minimum absolute atomic E-state index is 0.235. The molecule has 0 unspecified atom stereocenters.